The van der Waals surface area contributed by atoms with Crippen molar-refractivity contribution in [1.29, 1.82) is 0 Å². The first kappa shape index (κ1) is 17.8. The zero-order valence-electron chi connectivity index (χ0n) is 14.6. The third kappa shape index (κ3) is 3.82. The molecule has 1 aromatic heterocycles. The quantitative estimate of drug-likeness (QED) is 0.350. The van der Waals surface area contributed by atoms with Crippen molar-refractivity contribution in [2.24, 2.45) is 0 Å². The van der Waals surface area contributed by atoms with Crippen LogP contribution in [0.2, 0.25) is 0 Å². The molecule has 2 aromatic rings. The molecule has 0 bridgehead atoms. The van der Waals surface area contributed by atoms with Crippen LogP contribution in [0.15, 0.2) is 36.7 Å². The first-order chi connectivity index (χ1) is 12.6. The number of aromatic nitrogens is 2. The average Bonchev–Trinajstić information content (AvgIpc) is 3.16. The number of carbonyl (C=O) groups excluding carboxylic acids is 1. The van der Waals surface area contributed by atoms with Crippen molar-refractivity contribution in [2.45, 2.75) is 38.0 Å². The van der Waals surface area contributed by atoms with E-state index in [1.54, 1.807) is 30.6 Å². The smallest absolute Gasteiger partial charge is 0.330 e. The van der Waals surface area contributed by atoms with Crippen molar-refractivity contribution in [3.05, 3.63) is 58.2 Å². The minimum atomic E-state index is -0.476. The Morgan fingerprint density at radius 1 is 1.35 bits per heavy atom. The van der Waals surface area contributed by atoms with Gasteiger partial charge in [-0.3, -0.25) is 14.7 Å². The molecular formula is C19H21N3O4. The van der Waals surface area contributed by atoms with E-state index in [2.05, 4.69) is 9.72 Å². The number of ether oxygens (including phenoxy) is 1. The number of hydrogen-bond donors (Lipinski definition) is 0. The van der Waals surface area contributed by atoms with Crippen molar-refractivity contribution in [1.82, 2.24) is 9.55 Å². The lowest BCUT2D eigenvalue weighted by Gasteiger charge is -2.22. The second kappa shape index (κ2) is 7.95. The number of nitrogens with zero attached hydrogens (tertiary/aromatic N) is 3. The van der Waals surface area contributed by atoms with Crippen LogP contribution in [0.1, 0.15) is 49.4 Å². The van der Waals surface area contributed by atoms with Gasteiger partial charge in [-0.1, -0.05) is 19.3 Å². The first-order valence-electron chi connectivity index (χ1n) is 8.68. The fourth-order valence-corrected chi connectivity index (χ4v) is 3.41. The van der Waals surface area contributed by atoms with Gasteiger partial charge in [0, 0.05) is 30.5 Å². The maximum atomic E-state index is 11.5. The molecule has 3 rings (SSSR count). The lowest BCUT2D eigenvalue weighted by Crippen LogP contribution is -2.12. The van der Waals surface area contributed by atoms with E-state index in [9.17, 15) is 14.9 Å². The summed E-state index contributed by atoms with van der Waals surface area (Å²) in [4.78, 5) is 26.9. The zero-order valence-corrected chi connectivity index (χ0v) is 14.6. The van der Waals surface area contributed by atoms with E-state index in [1.165, 1.54) is 25.7 Å². The molecule has 1 aliphatic rings. The normalized spacial score (nSPS) is 15.3. The third-order valence-electron chi connectivity index (χ3n) is 4.71. The van der Waals surface area contributed by atoms with E-state index >= 15 is 0 Å². The van der Waals surface area contributed by atoms with Crippen LogP contribution in [0.3, 0.4) is 0 Å². The van der Waals surface area contributed by atoms with Crippen molar-refractivity contribution >= 4 is 17.7 Å². The first-order valence-corrected chi connectivity index (χ1v) is 8.68. The molecule has 0 aliphatic heterocycles. The van der Waals surface area contributed by atoms with Crippen LogP contribution in [-0.2, 0) is 9.53 Å². The Morgan fingerprint density at radius 3 is 2.81 bits per heavy atom. The molecule has 0 unspecified atom stereocenters. The van der Waals surface area contributed by atoms with Gasteiger partial charge < -0.3 is 4.74 Å². The van der Waals surface area contributed by atoms with Crippen LogP contribution in [-0.4, -0.2) is 27.6 Å². The number of imidazole rings is 1. The van der Waals surface area contributed by atoms with Crippen LogP contribution >= 0.6 is 0 Å². The van der Waals surface area contributed by atoms with E-state index in [-0.39, 0.29) is 5.69 Å². The summed E-state index contributed by atoms with van der Waals surface area (Å²) in [5.74, 6) is 0.699. The molecule has 1 aliphatic carbocycles. The van der Waals surface area contributed by atoms with Crippen LogP contribution in [0.4, 0.5) is 5.69 Å². The molecule has 1 fully saturated rings. The monoisotopic (exact) mass is 355 g/mol. The summed E-state index contributed by atoms with van der Waals surface area (Å²) in [6.07, 6.45) is 12.0. The van der Waals surface area contributed by atoms with Crippen molar-refractivity contribution < 1.29 is 14.5 Å². The van der Waals surface area contributed by atoms with Crippen LogP contribution < -0.4 is 0 Å². The van der Waals surface area contributed by atoms with Gasteiger partial charge in [0.2, 0.25) is 0 Å². The Bertz CT molecular complexity index is 835. The fraction of sp³-hybridized carbons (Fsp3) is 0.368. The number of hydrogen-bond acceptors (Lipinski definition) is 5. The van der Waals surface area contributed by atoms with Gasteiger partial charge >= 0.3 is 5.97 Å². The molecule has 0 saturated heterocycles. The van der Waals surface area contributed by atoms with Crippen molar-refractivity contribution in [3.63, 3.8) is 0 Å². The Labute approximate surface area is 151 Å². The highest BCUT2D eigenvalue weighted by atomic mass is 16.6. The highest BCUT2D eigenvalue weighted by molar-refractivity contribution is 5.87. The number of rotatable bonds is 5. The van der Waals surface area contributed by atoms with Crippen molar-refractivity contribution in [3.8, 4) is 5.69 Å². The average molecular weight is 355 g/mol. The summed E-state index contributed by atoms with van der Waals surface area (Å²) >= 11 is 0. The number of carbonyl (C=O) groups is 1. The summed E-state index contributed by atoms with van der Waals surface area (Å²) < 4.78 is 6.39. The molecule has 0 spiro atoms. The molecule has 1 aromatic carbocycles. The molecule has 1 heterocycles. The van der Waals surface area contributed by atoms with Crippen LogP contribution in [0.5, 0.6) is 0 Å². The van der Waals surface area contributed by atoms with Crippen LogP contribution in [0, 0.1) is 10.1 Å². The highest BCUT2D eigenvalue weighted by Gasteiger charge is 2.24. The van der Waals surface area contributed by atoms with Gasteiger partial charge in [-0.25, -0.2) is 9.78 Å². The number of esters is 1. The lowest BCUT2D eigenvalue weighted by molar-refractivity contribution is -0.384. The Kier molecular flexibility index (Phi) is 5.46. The second-order valence-electron chi connectivity index (χ2n) is 6.35. The molecule has 7 nitrogen and oxygen atoms in total. The topological polar surface area (TPSA) is 87.3 Å². The van der Waals surface area contributed by atoms with Gasteiger partial charge in [0.25, 0.3) is 5.69 Å². The van der Waals surface area contributed by atoms with Gasteiger partial charge in [0.15, 0.2) is 0 Å². The Balaban J connectivity index is 2.02. The van der Waals surface area contributed by atoms with Crippen molar-refractivity contribution in [2.75, 3.05) is 7.11 Å². The SMILES string of the molecule is COC(=O)C=Cc1ccc([N+](=O)[O-])c(-n2ccnc2C2CCCCC2)c1. The molecule has 0 atom stereocenters. The van der Waals surface area contributed by atoms with Gasteiger partial charge in [-0.05, 0) is 36.6 Å². The predicted molar refractivity (Wildman–Crippen MR) is 97.1 cm³/mol. The summed E-state index contributed by atoms with van der Waals surface area (Å²) in [6, 6.07) is 4.76. The molecule has 26 heavy (non-hydrogen) atoms. The second-order valence-corrected chi connectivity index (χ2v) is 6.35. The van der Waals surface area contributed by atoms with Gasteiger partial charge in [-0.2, -0.15) is 0 Å². The fourth-order valence-electron chi connectivity index (χ4n) is 3.41. The number of nitro groups is 1. The standard InChI is InChI=1S/C19H21N3O4/c1-26-18(23)10-8-14-7-9-16(22(24)25)17(13-14)21-12-11-20-19(21)15-5-3-2-4-6-15/h7-13,15H,2-6H2,1H3. The van der Waals surface area contributed by atoms with Gasteiger partial charge in [-0.15, -0.1) is 0 Å². The molecule has 0 amide bonds. The summed E-state index contributed by atoms with van der Waals surface area (Å²) in [7, 11) is 1.30. The minimum absolute atomic E-state index is 0.00952. The van der Waals surface area contributed by atoms with Gasteiger partial charge in [0.05, 0.1) is 12.0 Å². The number of methoxy groups -OCH3 is 1. The van der Waals surface area contributed by atoms with E-state index in [1.807, 2.05) is 4.57 Å². The van der Waals surface area contributed by atoms with Gasteiger partial charge in [0.1, 0.15) is 11.5 Å². The third-order valence-corrected chi connectivity index (χ3v) is 4.71. The highest BCUT2D eigenvalue weighted by Crippen LogP contribution is 2.34. The molecule has 1 saturated carbocycles. The maximum absolute atomic E-state index is 11.5. The van der Waals surface area contributed by atoms with E-state index in [0.29, 0.717) is 17.2 Å². The predicted octanol–water partition coefficient (Wildman–Crippen LogP) is 4.01. The molecule has 0 N–H and O–H groups in total. The van der Waals surface area contributed by atoms with Crippen LogP contribution in [0.25, 0.3) is 11.8 Å². The van der Waals surface area contributed by atoms with E-state index in [0.717, 1.165) is 31.5 Å². The molecular weight excluding hydrogens is 334 g/mol. The Hall–Kier alpha value is -2.96. The maximum Gasteiger partial charge on any atom is 0.330 e. The number of nitro benzene ring substituents is 1. The van der Waals surface area contributed by atoms with E-state index in [4.69, 9.17) is 0 Å². The summed E-state index contributed by atoms with van der Waals surface area (Å²) in [6.45, 7) is 0. The Morgan fingerprint density at radius 2 is 2.12 bits per heavy atom. The summed E-state index contributed by atoms with van der Waals surface area (Å²) in [5, 5.41) is 11.5. The lowest BCUT2D eigenvalue weighted by atomic mass is 9.88. The summed E-state index contributed by atoms with van der Waals surface area (Å²) in [5.41, 5.74) is 1.15. The zero-order chi connectivity index (χ0) is 18.5. The molecule has 136 valence electrons. The molecule has 0 radical (unpaired) electrons. The molecule has 7 heteroatoms. The number of benzene rings is 1. The minimum Gasteiger partial charge on any atom is -0.466 e. The largest absolute Gasteiger partial charge is 0.466 e. The van der Waals surface area contributed by atoms with E-state index < -0.39 is 10.9 Å².